The lowest BCUT2D eigenvalue weighted by molar-refractivity contribution is -0.141. The van der Waals surface area contributed by atoms with Crippen LogP contribution in [0.15, 0.2) is 48.2 Å². The maximum absolute atomic E-state index is 12.9. The van der Waals surface area contributed by atoms with Crippen LogP contribution in [0.25, 0.3) is 5.76 Å². The predicted molar refractivity (Wildman–Crippen MR) is 107 cm³/mol. The van der Waals surface area contributed by atoms with Crippen molar-refractivity contribution in [3.63, 3.8) is 0 Å². The number of aliphatic hydroxyl groups is 1. The predicted octanol–water partition coefficient (Wildman–Crippen LogP) is 4.75. The van der Waals surface area contributed by atoms with Gasteiger partial charge >= 0.3 is 0 Å². The standard InChI is InChI=1S/C21H18Cl2N2O3/c22-14-9-8-12(11-15(14)23)19(26)17-18(16-7-3-4-10-24-16)25(21(28)20(17)27)13-5-1-2-6-13/h3-4,7-11,13,18,26H,1-2,5-6H2/b19-17-. The second kappa shape index (κ2) is 7.57. The molecule has 5 nitrogen and oxygen atoms in total. The van der Waals surface area contributed by atoms with Crippen molar-refractivity contribution in [3.05, 3.63) is 69.5 Å². The second-order valence-electron chi connectivity index (χ2n) is 7.03. The number of aromatic nitrogens is 1. The summed E-state index contributed by atoms with van der Waals surface area (Å²) < 4.78 is 0. The number of amides is 1. The van der Waals surface area contributed by atoms with E-state index in [0.717, 1.165) is 25.7 Å². The largest absolute Gasteiger partial charge is 0.507 e. The first-order chi connectivity index (χ1) is 13.5. The Morgan fingerprint density at radius 3 is 2.46 bits per heavy atom. The smallest absolute Gasteiger partial charge is 0.295 e. The number of ketones is 1. The van der Waals surface area contributed by atoms with Gasteiger partial charge in [0.2, 0.25) is 0 Å². The Hall–Kier alpha value is -2.37. The zero-order valence-corrected chi connectivity index (χ0v) is 16.5. The molecule has 1 unspecified atom stereocenters. The Morgan fingerprint density at radius 1 is 1.07 bits per heavy atom. The Kier molecular flexibility index (Phi) is 5.13. The molecule has 2 aromatic rings. The molecule has 1 aliphatic carbocycles. The van der Waals surface area contributed by atoms with Gasteiger partial charge in [0.05, 0.1) is 21.3 Å². The lowest BCUT2D eigenvalue weighted by Gasteiger charge is -2.30. The number of hydrogen-bond donors (Lipinski definition) is 1. The minimum atomic E-state index is -0.723. The van der Waals surface area contributed by atoms with Crippen LogP contribution in [-0.4, -0.2) is 32.7 Å². The Bertz CT molecular complexity index is 969. The summed E-state index contributed by atoms with van der Waals surface area (Å²) in [5.41, 5.74) is 0.920. The first-order valence-corrected chi connectivity index (χ1v) is 9.91. The fourth-order valence-electron chi connectivity index (χ4n) is 4.04. The zero-order chi connectivity index (χ0) is 19.8. The molecule has 0 radical (unpaired) electrons. The minimum absolute atomic E-state index is 0.0361. The van der Waals surface area contributed by atoms with Gasteiger partial charge < -0.3 is 10.0 Å². The molecular weight excluding hydrogens is 399 g/mol. The fraction of sp³-hybridized carbons (Fsp3) is 0.286. The Morgan fingerprint density at radius 2 is 1.82 bits per heavy atom. The average molecular weight is 417 g/mol. The summed E-state index contributed by atoms with van der Waals surface area (Å²) in [5, 5.41) is 11.6. The van der Waals surface area contributed by atoms with Gasteiger partial charge in [-0.15, -0.1) is 0 Å². The molecule has 144 valence electrons. The summed E-state index contributed by atoms with van der Waals surface area (Å²) in [5.74, 6) is -1.57. The quantitative estimate of drug-likeness (QED) is 0.445. The van der Waals surface area contributed by atoms with Gasteiger partial charge in [-0.2, -0.15) is 0 Å². The van der Waals surface area contributed by atoms with Crippen LogP contribution in [0.2, 0.25) is 10.0 Å². The molecule has 2 heterocycles. The Labute approximate surface area is 172 Å². The number of hydrogen-bond acceptors (Lipinski definition) is 4. The molecule has 4 rings (SSSR count). The van der Waals surface area contributed by atoms with E-state index in [1.165, 1.54) is 6.07 Å². The molecule has 0 spiro atoms. The molecule has 1 saturated heterocycles. The van der Waals surface area contributed by atoms with Crippen molar-refractivity contribution in [3.8, 4) is 0 Å². The first-order valence-electron chi connectivity index (χ1n) is 9.15. The van der Waals surface area contributed by atoms with Gasteiger partial charge in [-0.05, 0) is 43.2 Å². The number of halogens is 2. The molecule has 1 aromatic carbocycles. The number of Topliss-reactive ketones (excluding diaryl/α,β-unsaturated/α-hetero) is 1. The van der Waals surface area contributed by atoms with Crippen molar-refractivity contribution in [1.29, 1.82) is 0 Å². The highest BCUT2D eigenvalue weighted by molar-refractivity contribution is 6.47. The molecular formula is C21H18Cl2N2O3. The van der Waals surface area contributed by atoms with Gasteiger partial charge in [-0.1, -0.05) is 42.1 Å². The monoisotopic (exact) mass is 416 g/mol. The highest BCUT2D eigenvalue weighted by atomic mass is 35.5. The van der Waals surface area contributed by atoms with E-state index in [0.29, 0.717) is 16.3 Å². The van der Waals surface area contributed by atoms with Crippen LogP contribution in [0.3, 0.4) is 0 Å². The molecule has 1 atom stereocenters. The Balaban J connectivity index is 1.89. The van der Waals surface area contributed by atoms with E-state index in [9.17, 15) is 14.7 Å². The van der Waals surface area contributed by atoms with Crippen molar-refractivity contribution < 1.29 is 14.7 Å². The number of rotatable bonds is 3. The van der Waals surface area contributed by atoms with Crippen LogP contribution in [0, 0.1) is 0 Å². The van der Waals surface area contributed by atoms with E-state index in [-0.39, 0.29) is 22.4 Å². The number of benzene rings is 1. The van der Waals surface area contributed by atoms with Gasteiger partial charge in [-0.3, -0.25) is 14.6 Å². The van der Waals surface area contributed by atoms with Crippen LogP contribution in [0.1, 0.15) is 43.0 Å². The van der Waals surface area contributed by atoms with Gasteiger partial charge in [0.15, 0.2) is 0 Å². The molecule has 28 heavy (non-hydrogen) atoms. The van der Waals surface area contributed by atoms with Crippen molar-refractivity contribution in [1.82, 2.24) is 9.88 Å². The van der Waals surface area contributed by atoms with E-state index in [4.69, 9.17) is 23.2 Å². The van der Waals surface area contributed by atoms with Crippen molar-refractivity contribution in [2.24, 2.45) is 0 Å². The van der Waals surface area contributed by atoms with Crippen LogP contribution in [0.4, 0.5) is 0 Å². The summed E-state index contributed by atoms with van der Waals surface area (Å²) in [6.45, 7) is 0. The summed E-state index contributed by atoms with van der Waals surface area (Å²) in [6, 6.07) is 9.17. The average Bonchev–Trinajstić information content (AvgIpc) is 3.31. The number of pyridine rings is 1. The summed E-state index contributed by atoms with van der Waals surface area (Å²) in [6.07, 6.45) is 5.31. The third-order valence-corrected chi connectivity index (χ3v) is 6.10. The van der Waals surface area contributed by atoms with Gasteiger partial charge in [-0.25, -0.2) is 0 Å². The number of nitrogens with zero attached hydrogens (tertiary/aromatic N) is 2. The van der Waals surface area contributed by atoms with Gasteiger partial charge in [0.1, 0.15) is 11.8 Å². The van der Waals surface area contributed by atoms with E-state index in [1.807, 2.05) is 0 Å². The van der Waals surface area contributed by atoms with E-state index >= 15 is 0 Å². The lowest BCUT2D eigenvalue weighted by Crippen LogP contribution is -2.37. The number of carbonyl (C=O) groups excluding carboxylic acids is 2. The molecule has 1 amide bonds. The summed E-state index contributed by atoms with van der Waals surface area (Å²) in [4.78, 5) is 31.8. The van der Waals surface area contributed by atoms with Crippen molar-refractivity contribution in [2.45, 2.75) is 37.8 Å². The molecule has 7 heteroatoms. The number of aliphatic hydroxyl groups excluding tert-OH is 1. The third kappa shape index (κ3) is 3.19. The number of carbonyl (C=O) groups is 2. The minimum Gasteiger partial charge on any atom is -0.507 e. The molecule has 1 saturated carbocycles. The van der Waals surface area contributed by atoms with E-state index < -0.39 is 17.7 Å². The van der Waals surface area contributed by atoms with Crippen LogP contribution >= 0.6 is 23.2 Å². The van der Waals surface area contributed by atoms with Crippen molar-refractivity contribution >= 4 is 40.7 Å². The normalized spacial score (nSPS) is 22.2. The number of likely N-dealkylation sites (tertiary alicyclic amines) is 1. The van der Waals surface area contributed by atoms with Crippen LogP contribution < -0.4 is 0 Å². The summed E-state index contributed by atoms with van der Waals surface area (Å²) >= 11 is 12.0. The molecule has 1 aromatic heterocycles. The molecule has 0 bridgehead atoms. The third-order valence-electron chi connectivity index (χ3n) is 5.36. The van der Waals surface area contributed by atoms with Crippen LogP contribution in [-0.2, 0) is 9.59 Å². The SMILES string of the molecule is O=C1C(=O)N(C2CCCC2)C(c2ccccn2)/C1=C(/O)c1ccc(Cl)c(Cl)c1. The maximum Gasteiger partial charge on any atom is 0.295 e. The highest BCUT2D eigenvalue weighted by Crippen LogP contribution is 2.43. The lowest BCUT2D eigenvalue weighted by atomic mass is 9.97. The first kappa shape index (κ1) is 19.0. The van der Waals surface area contributed by atoms with Crippen molar-refractivity contribution in [2.75, 3.05) is 0 Å². The maximum atomic E-state index is 12.9. The topological polar surface area (TPSA) is 70.5 Å². The second-order valence-corrected chi connectivity index (χ2v) is 7.84. The zero-order valence-electron chi connectivity index (χ0n) is 14.9. The molecule has 2 aliphatic rings. The molecule has 1 aliphatic heterocycles. The van der Waals surface area contributed by atoms with Gasteiger partial charge in [0.25, 0.3) is 11.7 Å². The molecule has 1 N–H and O–H groups in total. The van der Waals surface area contributed by atoms with Crippen LogP contribution in [0.5, 0.6) is 0 Å². The summed E-state index contributed by atoms with van der Waals surface area (Å²) in [7, 11) is 0. The van der Waals surface area contributed by atoms with E-state index in [2.05, 4.69) is 4.98 Å². The molecule has 2 fully saturated rings. The highest BCUT2D eigenvalue weighted by Gasteiger charge is 2.49. The fourth-order valence-corrected chi connectivity index (χ4v) is 4.33. The van der Waals surface area contributed by atoms with E-state index in [1.54, 1.807) is 41.4 Å². The van der Waals surface area contributed by atoms with Gasteiger partial charge in [0, 0.05) is 17.8 Å².